The van der Waals surface area contributed by atoms with Crippen molar-refractivity contribution in [3.63, 3.8) is 0 Å². The van der Waals surface area contributed by atoms with Crippen LogP contribution in [0.2, 0.25) is 0 Å². The van der Waals surface area contributed by atoms with Gasteiger partial charge in [-0.25, -0.2) is 9.48 Å². The van der Waals surface area contributed by atoms with Gasteiger partial charge in [0, 0.05) is 29.8 Å². The molecule has 0 amide bonds. The van der Waals surface area contributed by atoms with Gasteiger partial charge < -0.3 is 14.8 Å². The van der Waals surface area contributed by atoms with Crippen molar-refractivity contribution in [3.8, 4) is 17.1 Å². The number of benzene rings is 1. The van der Waals surface area contributed by atoms with Crippen molar-refractivity contribution in [2.75, 3.05) is 25.6 Å². The van der Waals surface area contributed by atoms with E-state index in [0.717, 1.165) is 17.3 Å². The van der Waals surface area contributed by atoms with E-state index in [2.05, 4.69) is 38.3 Å². The van der Waals surface area contributed by atoms with Gasteiger partial charge in [-0.05, 0) is 49.9 Å². The van der Waals surface area contributed by atoms with Crippen LogP contribution in [0.1, 0.15) is 35.8 Å². The van der Waals surface area contributed by atoms with Crippen LogP contribution >= 0.6 is 15.9 Å². The van der Waals surface area contributed by atoms with E-state index in [-0.39, 0.29) is 11.6 Å². The molecule has 2 heterocycles. The Morgan fingerprint density at radius 2 is 2.09 bits per heavy atom. The van der Waals surface area contributed by atoms with Crippen LogP contribution < -0.4 is 10.1 Å². The first kappa shape index (κ1) is 26.1. The Morgan fingerprint density at radius 1 is 1.31 bits per heavy atom. The summed E-state index contributed by atoms with van der Waals surface area (Å²) in [6, 6.07) is 8.18. The second kappa shape index (κ2) is 11.8. The van der Waals surface area contributed by atoms with Crippen LogP contribution in [0, 0.1) is 23.0 Å². The molecule has 1 N–H and O–H groups in total. The smallest absolute Gasteiger partial charge is 0.337 e. The molecule has 1 aromatic carbocycles. The van der Waals surface area contributed by atoms with Gasteiger partial charge >= 0.3 is 5.97 Å². The van der Waals surface area contributed by atoms with Crippen molar-refractivity contribution in [1.82, 2.24) is 14.8 Å². The van der Waals surface area contributed by atoms with Crippen LogP contribution in [-0.4, -0.2) is 45.9 Å². The SMILES string of the molecule is COC(=O)c1cc(C)nc(-c2cnn(C)c2OCCCC(C)CNc2cc(Br)ccc2[N+](=O)[O-])c1. The number of nitrogens with zero attached hydrogens (tertiary/aromatic N) is 4. The molecule has 3 rings (SSSR count). The molecule has 1 atom stereocenters. The lowest BCUT2D eigenvalue weighted by molar-refractivity contribution is -0.384. The summed E-state index contributed by atoms with van der Waals surface area (Å²) >= 11 is 3.36. The second-order valence-corrected chi connectivity index (χ2v) is 9.17. The molecule has 0 bridgehead atoms. The van der Waals surface area contributed by atoms with Crippen LogP contribution in [0.5, 0.6) is 5.88 Å². The van der Waals surface area contributed by atoms with Gasteiger partial charge in [0.15, 0.2) is 0 Å². The number of pyridine rings is 1. The first-order valence-corrected chi connectivity index (χ1v) is 11.9. The molecule has 186 valence electrons. The molecule has 0 aliphatic heterocycles. The predicted molar refractivity (Wildman–Crippen MR) is 136 cm³/mol. The van der Waals surface area contributed by atoms with Crippen molar-refractivity contribution in [3.05, 3.63) is 62.4 Å². The number of nitro benzene ring substituents is 1. The number of aryl methyl sites for hydroxylation is 2. The molecular weight excluding hydrogens is 518 g/mol. The Balaban J connectivity index is 1.57. The summed E-state index contributed by atoms with van der Waals surface area (Å²) in [6.07, 6.45) is 3.30. The summed E-state index contributed by atoms with van der Waals surface area (Å²) < 4.78 is 13.3. The van der Waals surface area contributed by atoms with E-state index < -0.39 is 10.9 Å². The largest absolute Gasteiger partial charge is 0.477 e. The molecule has 0 radical (unpaired) electrons. The zero-order chi connectivity index (χ0) is 25.5. The highest BCUT2D eigenvalue weighted by atomic mass is 79.9. The number of nitro groups is 1. The third-order valence-electron chi connectivity index (χ3n) is 5.41. The minimum atomic E-state index is -0.432. The number of halogens is 1. The van der Waals surface area contributed by atoms with Crippen molar-refractivity contribution in [1.29, 1.82) is 0 Å². The van der Waals surface area contributed by atoms with Gasteiger partial charge in [0.1, 0.15) is 5.69 Å². The molecule has 3 aromatic rings. The summed E-state index contributed by atoms with van der Waals surface area (Å²) in [5.41, 5.74) is 2.91. The van der Waals surface area contributed by atoms with Gasteiger partial charge in [0.05, 0.1) is 41.7 Å². The average molecular weight is 546 g/mol. The summed E-state index contributed by atoms with van der Waals surface area (Å²) in [7, 11) is 3.13. The van der Waals surface area contributed by atoms with Crippen LogP contribution in [0.25, 0.3) is 11.3 Å². The fourth-order valence-corrected chi connectivity index (χ4v) is 3.97. The van der Waals surface area contributed by atoms with Gasteiger partial charge in [-0.3, -0.25) is 15.1 Å². The second-order valence-electron chi connectivity index (χ2n) is 8.26. The maximum atomic E-state index is 12.0. The Morgan fingerprint density at radius 3 is 2.80 bits per heavy atom. The van der Waals surface area contributed by atoms with Crippen LogP contribution in [0.15, 0.2) is 41.0 Å². The minimum Gasteiger partial charge on any atom is -0.477 e. The van der Waals surface area contributed by atoms with Crippen molar-refractivity contribution >= 4 is 33.3 Å². The summed E-state index contributed by atoms with van der Waals surface area (Å²) in [4.78, 5) is 27.4. The lowest BCUT2D eigenvalue weighted by Gasteiger charge is -2.15. The number of aromatic nitrogens is 3. The van der Waals surface area contributed by atoms with Gasteiger partial charge in [0.2, 0.25) is 5.88 Å². The Kier molecular flexibility index (Phi) is 8.80. The molecule has 0 aliphatic carbocycles. The number of nitrogens with one attached hydrogen (secondary N) is 1. The first-order chi connectivity index (χ1) is 16.7. The van der Waals surface area contributed by atoms with Gasteiger partial charge in [-0.2, -0.15) is 5.10 Å². The van der Waals surface area contributed by atoms with Crippen LogP contribution in [0.3, 0.4) is 0 Å². The first-order valence-electron chi connectivity index (χ1n) is 11.1. The molecule has 0 spiro atoms. The highest BCUT2D eigenvalue weighted by Gasteiger charge is 2.18. The molecule has 0 saturated carbocycles. The van der Waals surface area contributed by atoms with E-state index >= 15 is 0 Å². The molecule has 0 aliphatic rings. The van der Waals surface area contributed by atoms with E-state index in [0.29, 0.717) is 47.2 Å². The number of hydrogen-bond acceptors (Lipinski definition) is 8. The molecule has 1 unspecified atom stereocenters. The monoisotopic (exact) mass is 545 g/mol. The highest BCUT2D eigenvalue weighted by Crippen LogP contribution is 2.30. The Bertz CT molecular complexity index is 1210. The standard InChI is InChI=1S/C24H28BrN5O5/c1-15(13-26-21-12-18(25)7-8-22(21)30(32)33)6-5-9-35-23-19(14-27-29(23)3)20-11-17(24(31)34-4)10-16(2)28-20/h7-8,10-12,14-15,26H,5-6,9,13H2,1-4H3. The number of esters is 1. The fourth-order valence-electron chi connectivity index (χ4n) is 3.61. The Hall–Kier alpha value is -3.47. The van der Waals surface area contributed by atoms with Crippen molar-refractivity contribution in [2.45, 2.75) is 26.7 Å². The molecule has 0 fully saturated rings. The minimum absolute atomic E-state index is 0.0487. The summed E-state index contributed by atoms with van der Waals surface area (Å²) in [6.45, 7) is 4.95. The van der Waals surface area contributed by atoms with Crippen LogP contribution in [-0.2, 0) is 11.8 Å². The lowest BCUT2D eigenvalue weighted by Crippen LogP contribution is -2.14. The van der Waals surface area contributed by atoms with Crippen molar-refractivity contribution < 1.29 is 19.2 Å². The van der Waals surface area contributed by atoms with E-state index in [4.69, 9.17) is 9.47 Å². The van der Waals surface area contributed by atoms with Gasteiger partial charge in [0.25, 0.3) is 5.69 Å². The number of carbonyl (C=O) groups is 1. The maximum Gasteiger partial charge on any atom is 0.337 e. The van der Waals surface area contributed by atoms with E-state index in [9.17, 15) is 14.9 Å². The molecule has 11 heteroatoms. The van der Waals surface area contributed by atoms with Crippen molar-refractivity contribution in [2.24, 2.45) is 13.0 Å². The summed E-state index contributed by atoms with van der Waals surface area (Å²) in [5, 5.41) is 18.7. The number of ether oxygens (including phenoxy) is 2. The number of hydrogen-bond donors (Lipinski definition) is 1. The lowest BCUT2D eigenvalue weighted by atomic mass is 10.1. The Labute approximate surface area is 211 Å². The number of methoxy groups -OCH3 is 1. The topological polar surface area (TPSA) is 121 Å². The number of rotatable bonds is 11. The zero-order valence-electron chi connectivity index (χ0n) is 20.1. The number of anilines is 1. The predicted octanol–water partition coefficient (Wildman–Crippen LogP) is 5.16. The molecule has 0 saturated heterocycles. The molecule has 10 nitrogen and oxygen atoms in total. The van der Waals surface area contributed by atoms with E-state index in [1.807, 2.05) is 6.92 Å². The number of carbonyl (C=O) groups excluding carboxylic acids is 1. The van der Waals surface area contributed by atoms with Gasteiger partial charge in [-0.1, -0.05) is 22.9 Å². The zero-order valence-corrected chi connectivity index (χ0v) is 21.7. The fraction of sp³-hybridized carbons (Fsp3) is 0.375. The average Bonchev–Trinajstić information content (AvgIpc) is 3.19. The molecular formula is C24H28BrN5O5. The third-order valence-corrected chi connectivity index (χ3v) is 5.90. The quantitative estimate of drug-likeness (QED) is 0.152. The van der Waals surface area contributed by atoms with E-state index in [1.165, 1.54) is 13.2 Å². The third kappa shape index (κ3) is 6.78. The molecule has 35 heavy (non-hydrogen) atoms. The van der Waals surface area contributed by atoms with Crippen LogP contribution in [0.4, 0.5) is 11.4 Å². The van der Waals surface area contributed by atoms with E-state index in [1.54, 1.807) is 42.2 Å². The maximum absolute atomic E-state index is 12.0. The molecule has 2 aromatic heterocycles. The summed E-state index contributed by atoms with van der Waals surface area (Å²) in [5.74, 6) is 0.401. The highest BCUT2D eigenvalue weighted by molar-refractivity contribution is 9.10. The van der Waals surface area contributed by atoms with Gasteiger partial charge in [-0.15, -0.1) is 0 Å². The normalized spacial score (nSPS) is 11.7.